The van der Waals surface area contributed by atoms with E-state index in [9.17, 15) is 54.2 Å². The largest absolute Gasteiger partial charge is 0.481 e. The van der Waals surface area contributed by atoms with Crippen LogP contribution in [-0.4, -0.2) is 88.6 Å². The minimum atomic E-state index is -5.83. The van der Waals surface area contributed by atoms with Crippen molar-refractivity contribution in [3.05, 3.63) is 34.9 Å². The Bertz CT molecular complexity index is 1130. The number of alkyl halides is 9. The van der Waals surface area contributed by atoms with Gasteiger partial charge in [0, 0.05) is 38.3 Å². The number of halogens is 9. The van der Waals surface area contributed by atoms with Gasteiger partial charge in [-0.3, -0.25) is 14.6 Å². The average molecular weight is 650 g/mol. The van der Waals surface area contributed by atoms with Crippen molar-refractivity contribution in [3.8, 4) is 0 Å². The topological polar surface area (TPSA) is 73.3 Å². The lowest BCUT2D eigenvalue weighted by Gasteiger charge is -2.45. The third-order valence-electron chi connectivity index (χ3n) is 8.29. The number of rotatable bonds is 6. The highest BCUT2D eigenvalue weighted by atomic mass is 19.4. The van der Waals surface area contributed by atoms with Crippen molar-refractivity contribution in [3.63, 3.8) is 0 Å². The van der Waals surface area contributed by atoms with Crippen LogP contribution < -0.4 is 0 Å². The van der Waals surface area contributed by atoms with E-state index in [0.29, 0.717) is 43.5 Å². The second-order valence-electron chi connectivity index (χ2n) is 11.2. The van der Waals surface area contributed by atoms with Crippen molar-refractivity contribution in [2.75, 3.05) is 32.7 Å². The maximum absolute atomic E-state index is 13.8. The average Bonchev–Trinajstić information content (AvgIpc) is 3.54. The maximum Gasteiger partial charge on any atom is 0.434 e. The number of hydrogen-bond donors (Lipinski definition) is 1. The number of hydrogen-bond acceptors (Lipinski definition) is 5. The normalized spacial score (nSPS) is 21.5. The standard InChI is InChI=1S/C26H30F9N3O4.C2H6/c27-24(28,29)19-11-16(13-36-7-2-18(15-36)20(39)40)10-17(12-19)14-38-6-1-3-23(38)4-8-37(9-5-23)22(41)42-21(25(30,31)32)26(33,34)35;1-2/h10-12,18,21H,1-9,13-15H2,(H,39,40);1-2H3. The molecule has 1 amide bonds. The lowest BCUT2D eigenvalue weighted by molar-refractivity contribution is -0.308. The summed E-state index contributed by atoms with van der Waals surface area (Å²) in [5, 5.41) is 9.22. The SMILES string of the molecule is CC.O=C(O)C1CCN(Cc2cc(CN3CCCC34CCN(C(=O)OC(C(F)(F)F)C(F)(F)F)CC4)cc(C(F)(F)F)c2)C1. The van der Waals surface area contributed by atoms with Gasteiger partial charge in [-0.05, 0) is 68.5 Å². The molecule has 4 rings (SSSR count). The highest BCUT2D eigenvalue weighted by Crippen LogP contribution is 2.41. The minimum Gasteiger partial charge on any atom is -0.481 e. The number of carbonyl (C=O) groups excluding carboxylic acids is 1. The molecule has 1 unspecified atom stereocenters. The van der Waals surface area contributed by atoms with E-state index in [4.69, 9.17) is 0 Å². The van der Waals surface area contributed by atoms with Gasteiger partial charge < -0.3 is 14.7 Å². The molecule has 1 atom stereocenters. The van der Waals surface area contributed by atoms with E-state index in [1.165, 1.54) is 0 Å². The Hall–Kier alpha value is -2.75. The Morgan fingerprint density at radius 3 is 1.95 bits per heavy atom. The van der Waals surface area contributed by atoms with Gasteiger partial charge in [-0.1, -0.05) is 19.9 Å². The zero-order valence-corrected chi connectivity index (χ0v) is 24.3. The fraction of sp³-hybridized carbons (Fsp3) is 0.714. The number of carboxylic acid groups (broad SMARTS) is 1. The molecule has 0 saturated carbocycles. The van der Waals surface area contributed by atoms with Crippen LogP contribution in [0.25, 0.3) is 0 Å². The van der Waals surface area contributed by atoms with Gasteiger partial charge in [0.25, 0.3) is 6.10 Å². The van der Waals surface area contributed by atoms with Gasteiger partial charge in [-0.25, -0.2) is 4.79 Å². The second-order valence-corrected chi connectivity index (χ2v) is 11.2. The monoisotopic (exact) mass is 649 g/mol. The summed E-state index contributed by atoms with van der Waals surface area (Å²) in [4.78, 5) is 28.0. The highest BCUT2D eigenvalue weighted by Gasteiger charge is 2.60. The lowest BCUT2D eigenvalue weighted by atomic mass is 9.84. The lowest BCUT2D eigenvalue weighted by Crippen LogP contribution is -2.54. The molecule has 1 aromatic rings. The molecule has 0 aromatic heterocycles. The number of likely N-dealkylation sites (tertiary alicyclic amines) is 3. The Balaban J connectivity index is 0.00000259. The molecule has 1 aromatic carbocycles. The van der Waals surface area contributed by atoms with Crippen LogP contribution in [-0.2, 0) is 28.8 Å². The van der Waals surface area contributed by atoms with Gasteiger partial charge in [0.2, 0.25) is 0 Å². The molecule has 7 nitrogen and oxygen atoms in total. The van der Waals surface area contributed by atoms with Gasteiger partial charge in [-0.2, -0.15) is 39.5 Å². The van der Waals surface area contributed by atoms with Crippen LogP contribution in [0.15, 0.2) is 18.2 Å². The molecule has 1 spiro atoms. The number of aliphatic carboxylic acids is 1. The summed E-state index contributed by atoms with van der Waals surface area (Å²) in [5.74, 6) is -1.54. The predicted molar refractivity (Wildman–Crippen MR) is 139 cm³/mol. The van der Waals surface area contributed by atoms with Crippen molar-refractivity contribution in [1.82, 2.24) is 14.7 Å². The van der Waals surface area contributed by atoms with Crippen molar-refractivity contribution in [2.45, 2.75) is 89.2 Å². The third-order valence-corrected chi connectivity index (χ3v) is 8.29. The van der Waals surface area contributed by atoms with E-state index in [-0.39, 0.29) is 45.6 Å². The number of ether oxygens (including phenoxy) is 1. The van der Waals surface area contributed by atoms with Crippen molar-refractivity contribution in [2.24, 2.45) is 5.92 Å². The molecule has 0 radical (unpaired) electrons. The van der Waals surface area contributed by atoms with Crippen LogP contribution in [0.3, 0.4) is 0 Å². The van der Waals surface area contributed by atoms with Crippen molar-refractivity contribution < 1.29 is 58.9 Å². The van der Waals surface area contributed by atoms with Crippen molar-refractivity contribution in [1.29, 1.82) is 0 Å². The summed E-state index contributed by atoms with van der Waals surface area (Å²) in [6.45, 7) is 5.07. The van der Waals surface area contributed by atoms with E-state index >= 15 is 0 Å². The smallest absolute Gasteiger partial charge is 0.434 e. The van der Waals surface area contributed by atoms with E-state index in [1.54, 1.807) is 11.0 Å². The van der Waals surface area contributed by atoms with Crippen LogP contribution in [0.4, 0.5) is 44.3 Å². The van der Waals surface area contributed by atoms with E-state index in [0.717, 1.165) is 17.0 Å². The molecule has 1 N–H and O–H groups in total. The zero-order valence-electron chi connectivity index (χ0n) is 24.3. The highest BCUT2D eigenvalue weighted by molar-refractivity contribution is 5.70. The van der Waals surface area contributed by atoms with Crippen molar-refractivity contribution >= 4 is 12.1 Å². The summed E-state index contributed by atoms with van der Waals surface area (Å²) < 4.78 is 122. The van der Waals surface area contributed by atoms with Crippen LogP contribution in [0.1, 0.15) is 62.6 Å². The van der Waals surface area contributed by atoms with Gasteiger partial charge in [0.15, 0.2) is 0 Å². The van der Waals surface area contributed by atoms with Gasteiger partial charge in [-0.15, -0.1) is 0 Å². The Kier molecular flexibility index (Phi) is 11.1. The molecule has 16 heteroatoms. The second kappa shape index (κ2) is 13.7. The van der Waals surface area contributed by atoms with E-state index in [1.807, 2.05) is 18.7 Å². The molecule has 3 fully saturated rings. The molecule has 44 heavy (non-hydrogen) atoms. The number of nitrogens with zero attached hydrogens (tertiary/aromatic N) is 3. The first-order valence-corrected chi connectivity index (χ1v) is 14.4. The summed E-state index contributed by atoms with van der Waals surface area (Å²) >= 11 is 0. The van der Waals surface area contributed by atoms with Crippen LogP contribution in [0.2, 0.25) is 0 Å². The summed E-state index contributed by atoms with van der Waals surface area (Å²) in [7, 11) is 0. The van der Waals surface area contributed by atoms with Gasteiger partial charge >= 0.3 is 30.6 Å². The quantitative estimate of drug-likeness (QED) is 0.346. The molecule has 0 bridgehead atoms. The van der Waals surface area contributed by atoms with Crippen LogP contribution in [0.5, 0.6) is 0 Å². The van der Waals surface area contributed by atoms with E-state index < -0.39 is 53.7 Å². The molecule has 250 valence electrons. The number of carboxylic acids is 1. The Morgan fingerprint density at radius 1 is 0.886 bits per heavy atom. The number of amides is 1. The number of carbonyl (C=O) groups is 2. The molecule has 3 aliphatic heterocycles. The van der Waals surface area contributed by atoms with Crippen LogP contribution in [0, 0.1) is 5.92 Å². The molecule has 3 heterocycles. The first-order valence-electron chi connectivity index (χ1n) is 14.4. The van der Waals surface area contributed by atoms with E-state index in [2.05, 4.69) is 4.74 Å². The first-order chi connectivity index (χ1) is 20.4. The molecular weight excluding hydrogens is 613 g/mol. The molecular formula is C28H36F9N3O4. The summed E-state index contributed by atoms with van der Waals surface area (Å²) in [6.07, 6.45) is -20.2. The Morgan fingerprint density at radius 2 is 1.45 bits per heavy atom. The van der Waals surface area contributed by atoms with Gasteiger partial charge in [0.05, 0.1) is 11.5 Å². The predicted octanol–water partition coefficient (Wildman–Crippen LogP) is 6.70. The Labute approximate surface area is 248 Å². The fourth-order valence-corrected chi connectivity index (χ4v) is 6.17. The third kappa shape index (κ3) is 8.70. The number of piperidine rings is 1. The molecule has 3 aliphatic rings. The summed E-state index contributed by atoms with van der Waals surface area (Å²) in [5.41, 5.74) is -0.697. The van der Waals surface area contributed by atoms with Crippen LogP contribution >= 0.6 is 0 Å². The molecule has 3 saturated heterocycles. The molecule has 0 aliphatic carbocycles. The first kappa shape index (κ1) is 35.7. The number of benzene rings is 1. The zero-order chi connectivity index (χ0) is 33.1. The fourth-order valence-electron chi connectivity index (χ4n) is 6.17. The maximum atomic E-state index is 13.8. The minimum absolute atomic E-state index is 0.114. The summed E-state index contributed by atoms with van der Waals surface area (Å²) in [6, 6.07) is 3.72. The van der Waals surface area contributed by atoms with Gasteiger partial charge in [0.1, 0.15) is 0 Å².